The topological polar surface area (TPSA) is 9.23 Å². The molecule has 0 aromatic heterocycles. The van der Waals surface area contributed by atoms with Crippen LogP contribution in [0.4, 0.5) is 35.1 Å². The van der Waals surface area contributed by atoms with Gasteiger partial charge in [-0.25, -0.2) is 26.3 Å². The molecule has 10 heteroatoms. The second kappa shape index (κ2) is 8.93. The standard InChI is InChI=1S/C22H11BrF8O/c1-2-3-13-14(23)9-16(25)19(20(13)28)22(30,31)32-11-4-5-12(15(24)8-11)10-6-17(26)21(29)18(27)7-10/h2-9H,1H3/b3-2-. The molecule has 3 aromatic rings. The average Bonchev–Trinajstić information content (AvgIpc) is 2.68. The van der Waals surface area contributed by atoms with Gasteiger partial charge in [-0.1, -0.05) is 12.2 Å². The van der Waals surface area contributed by atoms with Crippen LogP contribution in [0, 0.1) is 34.9 Å². The van der Waals surface area contributed by atoms with Gasteiger partial charge < -0.3 is 4.74 Å². The molecule has 0 spiro atoms. The normalized spacial score (nSPS) is 11.9. The van der Waals surface area contributed by atoms with E-state index in [4.69, 9.17) is 0 Å². The van der Waals surface area contributed by atoms with Crippen molar-refractivity contribution in [3.63, 3.8) is 0 Å². The van der Waals surface area contributed by atoms with Crippen molar-refractivity contribution in [2.75, 3.05) is 0 Å². The van der Waals surface area contributed by atoms with Crippen LogP contribution in [-0.4, -0.2) is 0 Å². The number of allylic oxidation sites excluding steroid dienone is 1. The molecule has 168 valence electrons. The predicted octanol–water partition coefficient (Wildman–Crippen LogP) is 8.11. The summed E-state index contributed by atoms with van der Waals surface area (Å²) in [5.41, 5.74) is -2.90. The van der Waals surface area contributed by atoms with E-state index < -0.39 is 63.5 Å². The first-order chi connectivity index (χ1) is 15.0. The van der Waals surface area contributed by atoms with Crippen molar-refractivity contribution in [3.8, 4) is 16.9 Å². The Balaban J connectivity index is 1.99. The Morgan fingerprint density at radius 3 is 2.00 bits per heavy atom. The molecule has 0 amide bonds. The Kier molecular flexibility index (Phi) is 6.64. The number of halogens is 9. The van der Waals surface area contributed by atoms with Crippen molar-refractivity contribution >= 4 is 22.0 Å². The van der Waals surface area contributed by atoms with Crippen LogP contribution in [0.1, 0.15) is 18.1 Å². The first kappa shape index (κ1) is 23.8. The van der Waals surface area contributed by atoms with Gasteiger partial charge >= 0.3 is 6.11 Å². The molecule has 1 nitrogen and oxygen atoms in total. The highest BCUT2D eigenvalue weighted by molar-refractivity contribution is 9.10. The van der Waals surface area contributed by atoms with Gasteiger partial charge in [-0.15, -0.1) is 0 Å². The van der Waals surface area contributed by atoms with Gasteiger partial charge in [0.25, 0.3) is 0 Å². The molecule has 0 heterocycles. The molecule has 3 rings (SSSR count). The molecule has 0 saturated carbocycles. The van der Waals surface area contributed by atoms with E-state index in [1.54, 1.807) is 0 Å². The minimum Gasteiger partial charge on any atom is -0.429 e. The number of ether oxygens (including phenoxy) is 1. The zero-order valence-corrected chi connectivity index (χ0v) is 17.5. The third-order valence-electron chi connectivity index (χ3n) is 4.31. The Labute approximate surface area is 185 Å². The molecule has 0 aliphatic carbocycles. The molecule has 32 heavy (non-hydrogen) atoms. The highest BCUT2D eigenvalue weighted by atomic mass is 79.9. The van der Waals surface area contributed by atoms with E-state index in [1.165, 1.54) is 13.0 Å². The largest absolute Gasteiger partial charge is 0.432 e. The summed E-state index contributed by atoms with van der Waals surface area (Å²) < 4.78 is 117. The van der Waals surface area contributed by atoms with Gasteiger partial charge in [0.05, 0.1) is 0 Å². The maximum atomic E-state index is 14.6. The van der Waals surface area contributed by atoms with Crippen LogP contribution < -0.4 is 4.74 Å². The molecule has 0 N–H and O–H groups in total. The highest BCUT2D eigenvalue weighted by Gasteiger charge is 2.42. The second-order valence-corrected chi connectivity index (χ2v) is 7.31. The van der Waals surface area contributed by atoms with Gasteiger partial charge in [-0.2, -0.15) is 8.78 Å². The first-order valence-electron chi connectivity index (χ1n) is 8.78. The summed E-state index contributed by atoms with van der Waals surface area (Å²) in [5, 5.41) is 0. The van der Waals surface area contributed by atoms with Crippen molar-refractivity contribution < 1.29 is 39.9 Å². The molecule has 0 radical (unpaired) electrons. The maximum Gasteiger partial charge on any atom is 0.432 e. The number of rotatable bonds is 5. The van der Waals surface area contributed by atoms with Crippen LogP contribution >= 0.6 is 15.9 Å². The molecule has 0 aliphatic heterocycles. The lowest BCUT2D eigenvalue weighted by atomic mass is 10.0. The molecule has 0 aliphatic rings. The summed E-state index contributed by atoms with van der Waals surface area (Å²) >= 11 is 2.88. The first-order valence-corrected chi connectivity index (χ1v) is 9.57. The van der Waals surface area contributed by atoms with E-state index >= 15 is 0 Å². The molecular weight excluding hydrogens is 512 g/mol. The van der Waals surface area contributed by atoms with Crippen molar-refractivity contribution in [1.82, 2.24) is 0 Å². The van der Waals surface area contributed by atoms with E-state index in [-0.39, 0.29) is 10.0 Å². The second-order valence-electron chi connectivity index (χ2n) is 6.46. The van der Waals surface area contributed by atoms with Gasteiger partial charge in [-0.05, 0) is 58.7 Å². The van der Waals surface area contributed by atoms with Crippen molar-refractivity contribution in [2.24, 2.45) is 0 Å². The Hall–Kier alpha value is -2.88. The molecular formula is C22H11BrF8O. The van der Waals surface area contributed by atoms with E-state index in [2.05, 4.69) is 20.7 Å². The molecule has 0 saturated heterocycles. The van der Waals surface area contributed by atoms with Crippen LogP contribution in [0.3, 0.4) is 0 Å². The molecule has 3 aromatic carbocycles. The Morgan fingerprint density at radius 2 is 1.44 bits per heavy atom. The van der Waals surface area contributed by atoms with Crippen LogP contribution in [0.2, 0.25) is 0 Å². The fraction of sp³-hybridized carbons (Fsp3) is 0.0909. The minimum atomic E-state index is -4.55. The quantitative estimate of drug-likeness (QED) is 0.243. The van der Waals surface area contributed by atoms with Gasteiger partial charge in [0.2, 0.25) is 0 Å². The third-order valence-corrected chi connectivity index (χ3v) is 4.97. The predicted molar refractivity (Wildman–Crippen MR) is 105 cm³/mol. The SMILES string of the molecule is C/C=C\c1c(Br)cc(F)c(C(F)(F)Oc2ccc(-c3cc(F)c(F)c(F)c3)c(F)c2)c1F. The van der Waals surface area contributed by atoms with E-state index in [9.17, 15) is 35.1 Å². The summed E-state index contributed by atoms with van der Waals surface area (Å²) in [4.78, 5) is 0. The van der Waals surface area contributed by atoms with Gasteiger partial charge in [-0.3, -0.25) is 0 Å². The van der Waals surface area contributed by atoms with Crippen LogP contribution in [-0.2, 0) is 6.11 Å². The maximum absolute atomic E-state index is 14.6. The summed E-state index contributed by atoms with van der Waals surface area (Å²) in [6.45, 7) is 1.49. The fourth-order valence-corrected chi connectivity index (χ4v) is 3.40. The van der Waals surface area contributed by atoms with Crippen molar-refractivity contribution in [2.45, 2.75) is 13.0 Å². The van der Waals surface area contributed by atoms with Crippen LogP contribution in [0.25, 0.3) is 17.2 Å². The Morgan fingerprint density at radius 1 is 0.812 bits per heavy atom. The number of benzene rings is 3. The van der Waals surface area contributed by atoms with Gasteiger partial charge in [0.15, 0.2) is 17.5 Å². The van der Waals surface area contributed by atoms with E-state index in [1.807, 2.05) is 0 Å². The number of hydrogen-bond acceptors (Lipinski definition) is 1. The zero-order valence-electron chi connectivity index (χ0n) is 15.9. The molecule has 0 bridgehead atoms. The third kappa shape index (κ3) is 4.50. The molecule has 0 fully saturated rings. The smallest absolute Gasteiger partial charge is 0.429 e. The monoisotopic (exact) mass is 522 g/mol. The summed E-state index contributed by atoms with van der Waals surface area (Å²) in [5.74, 6) is -10.2. The van der Waals surface area contributed by atoms with Gasteiger partial charge in [0.1, 0.15) is 28.8 Å². The lowest BCUT2D eigenvalue weighted by Gasteiger charge is -2.21. The minimum absolute atomic E-state index is 0.112. The summed E-state index contributed by atoms with van der Waals surface area (Å²) in [6.07, 6.45) is -2.07. The lowest BCUT2D eigenvalue weighted by Crippen LogP contribution is -2.25. The van der Waals surface area contributed by atoms with Gasteiger partial charge in [0, 0.05) is 21.7 Å². The lowest BCUT2D eigenvalue weighted by molar-refractivity contribution is -0.189. The van der Waals surface area contributed by atoms with Crippen molar-refractivity contribution in [3.05, 3.63) is 93.0 Å². The summed E-state index contributed by atoms with van der Waals surface area (Å²) in [7, 11) is 0. The summed E-state index contributed by atoms with van der Waals surface area (Å²) in [6, 6.07) is 3.73. The highest BCUT2D eigenvalue weighted by Crippen LogP contribution is 2.39. The van der Waals surface area contributed by atoms with E-state index in [0.717, 1.165) is 18.2 Å². The fourth-order valence-electron chi connectivity index (χ4n) is 2.90. The van der Waals surface area contributed by atoms with E-state index in [0.29, 0.717) is 24.3 Å². The average molecular weight is 523 g/mol. The molecule has 0 unspecified atom stereocenters. The number of alkyl halides is 2. The van der Waals surface area contributed by atoms with Crippen molar-refractivity contribution in [1.29, 1.82) is 0 Å². The number of hydrogen-bond donors (Lipinski definition) is 0. The molecule has 0 atom stereocenters. The zero-order chi connectivity index (χ0) is 23.8. The van der Waals surface area contributed by atoms with Crippen LogP contribution in [0.5, 0.6) is 5.75 Å². The Bertz CT molecular complexity index is 1200. The van der Waals surface area contributed by atoms with Crippen LogP contribution in [0.15, 0.2) is 46.9 Å².